The summed E-state index contributed by atoms with van der Waals surface area (Å²) in [5.74, 6) is 1.04. The van der Waals surface area contributed by atoms with Crippen LogP contribution < -0.4 is 5.32 Å². The molecule has 1 aliphatic heterocycles. The third kappa shape index (κ3) is 2.45. The number of benzene rings is 2. The SMILES string of the molecule is C1=CC2c3cc(-c4ccccc4)ccc3N[C@H](c3cccnc3)C2C1. The molecular formula is C23H20N2. The number of anilines is 1. The molecule has 0 amide bonds. The van der Waals surface area contributed by atoms with E-state index in [0.29, 0.717) is 17.9 Å². The minimum Gasteiger partial charge on any atom is -0.378 e. The lowest BCUT2D eigenvalue weighted by atomic mass is 9.76. The molecule has 0 saturated carbocycles. The second-order valence-corrected chi connectivity index (χ2v) is 6.93. The number of rotatable bonds is 2. The van der Waals surface area contributed by atoms with E-state index in [-0.39, 0.29) is 0 Å². The van der Waals surface area contributed by atoms with Gasteiger partial charge in [0.15, 0.2) is 0 Å². The Kier molecular flexibility index (Phi) is 3.41. The van der Waals surface area contributed by atoms with Gasteiger partial charge in [-0.15, -0.1) is 0 Å². The van der Waals surface area contributed by atoms with Crippen LogP contribution in [0.2, 0.25) is 0 Å². The van der Waals surface area contributed by atoms with Gasteiger partial charge in [0, 0.05) is 24.0 Å². The van der Waals surface area contributed by atoms with Crippen LogP contribution in [0, 0.1) is 5.92 Å². The lowest BCUT2D eigenvalue weighted by Gasteiger charge is -2.37. The van der Waals surface area contributed by atoms with Gasteiger partial charge in [-0.2, -0.15) is 0 Å². The molecule has 25 heavy (non-hydrogen) atoms. The smallest absolute Gasteiger partial charge is 0.0569 e. The van der Waals surface area contributed by atoms with Crippen molar-refractivity contribution in [2.45, 2.75) is 18.4 Å². The van der Waals surface area contributed by atoms with Gasteiger partial charge in [0.05, 0.1) is 6.04 Å². The van der Waals surface area contributed by atoms with Gasteiger partial charge >= 0.3 is 0 Å². The molecule has 0 saturated heterocycles. The van der Waals surface area contributed by atoms with Gasteiger partial charge in [0.2, 0.25) is 0 Å². The summed E-state index contributed by atoms with van der Waals surface area (Å²) in [4.78, 5) is 4.32. The van der Waals surface area contributed by atoms with Crippen LogP contribution in [-0.2, 0) is 0 Å². The maximum atomic E-state index is 4.32. The molecule has 1 aromatic heterocycles. The highest BCUT2D eigenvalue weighted by atomic mass is 15.0. The molecule has 2 nitrogen and oxygen atoms in total. The van der Waals surface area contributed by atoms with Gasteiger partial charge in [-0.1, -0.05) is 54.6 Å². The molecule has 0 fully saturated rings. The first-order valence-corrected chi connectivity index (χ1v) is 8.92. The Morgan fingerprint density at radius 3 is 2.68 bits per heavy atom. The maximum absolute atomic E-state index is 4.32. The zero-order valence-corrected chi connectivity index (χ0v) is 14.0. The van der Waals surface area contributed by atoms with Crippen molar-refractivity contribution < 1.29 is 0 Å². The number of nitrogens with zero attached hydrogens (tertiary/aromatic N) is 1. The molecule has 0 radical (unpaired) electrons. The lowest BCUT2D eigenvalue weighted by Crippen LogP contribution is -2.29. The second-order valence-electron chi connectivity index (χ2n) is 6.93. The van der Waals surface area contributed by atoms with Crippen molar-refractivity contribution in [1.82, 2.24) is 4.98 Å². The number of aromatic nitrogens is 1. The summed E-state index contributed by atoms with van der Waals surface area (Å²) in [7, 11) is 0. The largest absolute Gasteiger partial charge is 0.378 e. The van der Waals surface area contributed by atoms with Gasteiger partial charge in [-0.05, 0) is 52.8 Å². The second kappa shape index (κ2) is 5.89. The van der Waals surface area contributed by atoms with Crippen LogP contribution in [0.15, 0.2) is 85.2 Å². The molecule has 0 bridgehead atoms. The van der Waals surface area contributed by atoms with Crippen LogP contribution in [0.5, 0.6) is 0 Å². The van der Waals surface area contributed by atoms with Crippen molar-refractivity contribution >= 4 is 5.69 Å². The van der Waals surface area contributed by atoms with E-state index < -0.39 is 0 Å². The minimum absolute atomic E-state index is 0.323. The van der Waals surface area contributed by atoms with Crippen LogP contribution in [0.3, 0.4) is 0 Å². The first kappa shape index (κ1) is 14.5. The summed E-state index contributed by atoms with van der Waals surface area (Å²) in [5.41, 5.74) is 6.51. The summed E-state index contributed by atoms with van der Waals surface area (Å²) < 4.78 is 0. The molecule has 1 aliphatic carbocycles. The van der Waals surface area contributed by atoms with Crippen LogP contribution >= 0.6 is 0 Å². The summed E-state index contributed by atoms with van der Waals surface area (Å²) in [5, 5.41) is 3.78. The molecule has 3 atom stereocenters. The van der Waals surface area contributed by atoms with E-state index in [1.54, 1.807) is 0 Å². The third-order valence-electron chi connectivity index (χ3n) is 5.51. The zero-order chi connectivity index (χ0) is 16.6. The predicted octanol–water partition coefficient (Wildman–Crippen LogP) is 5.58. The molecule has 2 heterocycles. The Morgan fingerprint density at radius 1 is 0.920 bits per heavy atom. The Labute approximate surface area is 148 Å². The van der Waals surface area contributed by atoms with E-state index in [4.69, 9.17) is 0 Å². The van der Waals surface area contributed by atoms with E-state index in [1.807, 2.05) is 18.5 Å². The molecule has 2 aliphatic rings. The topological polar surface area (TPSA) is 24.9 Å². The zero-order valence-electron chi connectivity index (χ0n) is 14.0. The van der Waals surface area contributed by atoms with Gasteiger partial charge < -0.3 is 5.32 Å². The molecule has 3 aromatic rings. The van der Waals surface area contributed by atoms with E-state index in [2.05, 4.69) is 77.1 Å². The maximum Gasteiger partial charge on any atom is 0.0569 e. The van der Waals surface area contributed by atoms with E-state index in [0.717, 1.165) is 6.42 Å². The standard InChI is InChI=1S/C23H20N2/c1-2-6-16(7-3-1)17-11-12-22-21(14-17)19-9-4-10-20(19)23(25-22)18-8-5-13-24-15-18/h1-9,11-15,19-20,23,25H,10H2/t19?,20?,23-/m1/s1. The highest BCUT2D eigenvalue weighted by molar-refractivity contribution is 5.71. The third-order valence-corrected chi connectivity index (χ3v) is 5.51. The highest BCUT2D eigenvalue weighted by Gasteiger charge is 2.37. The first-order chi connectivity index (χ1) is 12.4. The van der Waals surface area contributed by atoms with Crippen molar-refractivity contribution in [1.29, 1.82) is 0 Å². The van der Waals surface area contributed by atoms with Gasteiger partial charge in [-0.3, -0.25) is 4.98 Å². The van der Waals surface area contributed by atoms with Crippen LogP contribution in [-0.4, -0.2) is 4.98 Å². The number of hydrogen-bond donors (Lipinski definition) is 1. The van der Waals surface area contributed by atoms with Gasteiger partial charge in [0.25, 0.3) is 0 Å². The fraction of sp³-hybridized carbons (Fsp3) is 0.174. The molecule has 2 heteroatoms. The monoisotopic (exact) mass is 324 g/mol. The van der Waals surface area contributed by atoms with Crippen molar-refractivity contribution in [3.05, 3.63) is 96.3 Å². The average Bonchev–Trinajstić information content (AvgIpc) is 3.18. The molecule has 0 spiro atoms. The first-order valence-electron chi connectivity index (χ1n) is 8.92. The number of nitrogens with one attached hydrogen (secondary N) is 1. The Balaban J connectivity index is 1.58. The van der Waals surface area contributed by atoms with E-state index >= 15 is 0 Å². The van der Waals surface area contributed by atoms with Crippen LogP contribution in [0.1, 0.15) is 29.5 Å². The molecule has 122 valence electrons. The fourth-order valence-corrected chi connectivity index (χ4v) is 4.29. The Bertz CT molecular complexity index is 915. The predicted molar refractivity (Wildman–Crippen MR) is 102 cm³/mol. The summed E-state index contributed by atoms with van der Waals surface area (Å²) in [6.07, 6.45) is 9.69. The normalized spacial score (nSPS) is 23.6. The molecule has 2 unspecified atom stereocenters. The Morgan fingerprint density at radius 2 is 1.84 bits per heavy atom. The number of fused-ring (bicyclic) bond motifs is 3. The van der Waals surface area contributed by atoms with Crippen molar-refractivity contribution in [2.75, 3.05) is 5.32 Å². The number of pyridine rings is 1. The van der Waals surface area contributed by atoms with E-state index in [9.17, 15) is 0 Å². The van der Waals surface area contributed by atoms with Crippen molar-refractivity contribution in [3.63, 3.8) is 0 Å². The quantitative estimate of drug-likeness (QED) is 0.623. The molecule has 1 N–H and O–H groups in total. The summed E-state index contributed by atoms with van der Waals surface area (Å²) in [6.45, 7) is 0. The van der Waals surface area contributed by atoms with E-state index in [1.165, 1.54) is 27.9 Å². The fourth-order valence-electron chi connectivity index (χ4n) is 4.29. The Hall–Kier alpha value is -2.87. The highest BCUT2D eigenvalue weighted by Crippen LogP contribution is 2.50. The molecule has 5 rings (SSSR count). The van der Waals surface area contributed by atoms with Crippen LogP contribution in [0.25, 0.3) is 11.1 Å². The molecule has 2 aromatic carbocycles. The van der Waals surface area contributed by atoms with Crippen molar-refractivity contribution in [2.24, 2.45) is 5.92 Å². The molecular weight excluding hydrogens is 304 g/mol. The lowest BCUT2D eigenvalue weighted by molar-refractivity contribution is 0.425. The number of allylic oxidation sites excluding steroid dienone is 2. The summed E-state index contributed by atoms with van der Waals surface area (Å²) >= 11 is 0. The van der Waals surface area contributed by atoms with Crippen molar-refractivity contribution in [3.8, 4) is 11.1 Å². The van der Waals surface area contributed by atoms with Gasteiger partial charge in [0.1, 0.15) is 0 Å². The van der Waals surface area contributed by atoms with Crippen LogP contribution in [0.4, 0.5) is 5.69 Å². The van der Waals surface area contributed by atoms with Gasteiger partial charge in [-0.25, -0.2) is 0 Å². The summed E-state index contributed by atoms with van der Waals surface area (Å²) in [6, 6.07) is 22.0. The minimum atomic E-state index is 0.323. The average molecular weight is 324 g/mol. The number of hydrogen-bond acceptors (Lipinski definition) is 2.